The molecule has 0 saturated carbocycles. The molecule has 2 amide bonds. The lowest BCUT2D eigenvalue weighted by atomic mass is 9.97. The number of hydrogen-bond acceptors (Lipinski definition) is 4. The lowest BCUT2D eigenvalue weighted by molar-refractivity contribution is -0.120. The van der Waals surface area contributed by atoms with Crippen LogP contribution in [0.4, 0.5) is 5.69 Å². The van der Waals surface area contributed by atoms with Gasteiger partial charge in [-0.25, -0.2) is 8.42 Å². The number of nitrogens with two attached hydrogens (primary N) is 1. The first-order chi connectivity index (χ1) is 13.6. The van der Waals surface area contributed by atoms with Gasteiger partial charge >= 0.3 is 0 Å². The van der Waals surface area contributed by atoms with Crippen LogP contribution in [0, 0.1) is 12.8 Å². The molecule has 1 aliphatic heterocycles. The zero-order valence-corrected chi connectivity index (χ0v) is 17.8. The minimum absolute atomic E-state index is 0.0197. The number of aryl methyl sites for hydroxylation is 1. The Labute approximate surface area is 174 Å². The monoisotopic (exact) mass is 438 g/mol. The highest BCUT2D eigenvalue weighted by Gasteiger charge is 2.33. The van der Waals surface area contributed by atoms with Crippen molar-refractivity contribution in [3.8, 4) is 0 Å². The Morgan fingerprint density at radius 2 is 1.90 bits per heavy atom. The van der Waals surface area contributed by atoms with Crippen molar-refractivity contribution in [1.82, 2.24) is 8.87 Å². The van der Waals surface area contributed by atoms with Crippen molar-refractivity contribution in [1.29, 1.82) is 0 Å². The summed E-state index contributed by atoms with van der Waals surface area (Å²) in [6.07, 6.45) is 2.18. The van der Waals surface area contributed by atoms with Crippen LogP contribution in [0.1, 0.15) is 28.9 Å². The molecule has 0 aliphatic carbocycles. The zero-order valence-electron chi connectivity index (χ0n) is 16.2. The second-order valence-corrected chi connectivity index (χ2v) is 9.46. The van der Waals surface area contributed by atoms with Gasteiger partial charge in [0.2, 0.25) is 15.9 Å². The molecule has 0 radical (unpaired) electrons. The summed E-state index contributed by atoms with van der Waals surface area (Å²) in [5, 5.41) is 3.45. The highest BCUT2D eigenvalue weighted by molar-refractivity contribution is 7.89. The molecule has 0 spiro atoms. The summed E-state index contributed by atoms with van der Waals surface area (Å²) < 4.78 is 28.5. The predicted molar refractivity (Wildman–Crippen MR) is 110 cm³/mol. The van der Waals surface area contributed by atoms with Crippen molar-refractivity contribution < 1.29 is 18.0 Å². The topological polar surface area (TPSA) is 114 Å². The van der Waals surface area contributed by atoms with Gasteiger partial charge in [-0.2, -0.15) is 4.31 Å². The van der Waals surface area contributed by atoms with Crippen molar-refractivity contribution in [2.45, 2.75) is 24.7 Å². The largest absolute Gasteiger partial charge is 0.364 e. The summed E-state index contributed by atoms with van der Waals surface area (Å²) in [6.45, 7) is 2.26. The van der Waals surface area contributed by atoms with Crippen LogP contribution in [-0.4, -0.2) is 42.2 Å². The van der Waals surface area contributed by atoms with Crippen LogP contribution in [0.15, 0.2) is 35.4 Å². The van der Waals surface area contributed by atoms with Gasteiger partial charge in [-0.1, -0.05) is 17.7 Å². The molecule has 0 bridgehead atoms. The van der Waals surface area contributed by atoms with Crippen LogP contribution < -0.4 is 11.1 Å². The van der Waals surface area contributed by atoms with Gasteiger partial charge in [0.1, 0.15) is 10.6 Å². The van der Waals surface area contributed by atoms with Crippen LogP contribution in [0.5, 0.6) is 0 Å². The van der Waals surface area contributed by atoms with Gasteiger partial charge in [0.05, 0.1) is 0 Å². The highest BCUT2D eigenvalue weighted by Crippen LogP contribution is 2.27. The molecule has 10 heteroatoms. The van der Waals surface area contributed by atoms with Gasteiger partial charge in [-0.15, -0.1) is 0 Å². The fraction of sp³-hybridized carbons (Fsp3) is 0.368. The quantitative estimate of drug-likeness (QED) is 0.743. The first-order valence-corrected chi connectivity index (χ1v) is 11.0. The van der Waals surface area contributed by atoms with Crippen LogP contribution in [0.3, 0.4) is 0 Å². The number of hydrogen-bond donors (Lipinski definition) is 2. The normalized spacial score (nSPS) is 16.0. The molecule has 29 heavy (non-hydrogen) atoms. The molecule has 0 atom stereocenters. The Hall–Kier alpha value is -2.36. The van der Waals surface area contributed by atoms with E-state index in [0.29, 0.717) is 23.6 Å². The Balaban J connectivity index is 1.66. The van der Waals surface area contributed by atoms with Crippen molar-refractivity contribution in [3.05, 3.63) is 46.7 Å². The van der Waals surface area contributed by atoms with Crippen LogP contribution in [-0.2, 0) is 21.9 Å². The van der Waals surface area contributed by atoms with E-state index in [2.05, 4.69) is 5.32 Å². The van der Waals surface area contributed by atoms with E-state index >= 15 is 0 Å². The molecule has 1 fully saturated rings. The van der Waals surface area contributed by atoms with E-state index < -0.39 is 15.9 Å². The molecule has 1 saturated heterocycles. The van der Waals surface area contributed by atoms with E-state index in [-0.39, 0.29) is 35.5 Å². The molecule has 2 aromatic rings. The Kier molecular flexibility index (Phi) is 6.02. The molecule has 2 heterocycles. The average Bonchev–Trinajstić information content (AvgIpc) is 3.08. The second kappa shape index (κ2) is 8.17. The maximum atomic E-state index is 12.9. The van der Waals surface area contributed by atoms with Crippen molar-refractivity contribution >= 4 is 39.1 Å². The number of anilines is 1. The lowest BCUT2D eigenvalue weighted by Gasteiger charge is -2.30. The van der Waals surface area contributed by atoms with Crippen LogP contribution >= 0.6 is 11.6 Å². The molecule has 1 aliphatic rings. The van der Waals surface area contributed by atoms with Gasteiger partial charge in [0.15, 0.2) is 0 Å². The highest BCUT2D eigenvalue weighted by atomic mass is 35.5. The number of carbonyl (C=O) groups is 2. The summed E-state index contributed by atoms with van der Waals surface area (Å²) in [6, 6.07) is 6.58. The zero-order chi connectivity index (χ0) is 21.3. The summed E-state index contributed by atoms with van der Waals surface area (Å²) in [5.74, 6) is -1.14. The van der Waals surface area contributed by atoms with Gasteiger partial charge < -0.3 is 15.6 Å². The standard InChI is InChI=1S/C19H23ClN4O4S/c1-12-15(20)4-3-5-16(12)22-19(26)13-6-8-24(9-7-13)29(27,28)14-10-17(18(21)25)23(2)11-14/h3-5,10-11,13H,6-9H2,1-2H3,(H2,21,25)(H,22,26). The van der Waals surface area contributed by atoms with Crippen LogP contribution in [0.2, 0.25) is 5.02 Å². The Morgan fingerprint density at radius 3 is 2.48 bits per heavy atom. The number of benzene rings is 1. The molecule has 1 aromatic carbocycles. The second-order valence-electron chi connectivity index (χ2n) is 7.12. The first kappa shape index (κ1) is 21.4. The van der Waals surface area contributed by atoms with Gasteiger partial charge in [0, 0.05) is 43.0 Å². The summed E-state index contributed by atoms with van der Waals surface area (Å²) in [5.41, 5.74) is 6.83. The third-order valence-electron chi connectivity index (χ3n) is 5.22. The summed E-state index contributed by atoms with van der Waals surface area (Å²) in [4.78, 5) is 24.0. The third-order valence-corrected chi connectivity index (χ3v) is 7.49. The van der Waals surface area contributed by atoms with Gasteiger partial charge in [0.25, 0.3) is 5.91 Å². The number of aromatic nitrogens is 1. The van der Waals surface area contributed by atoms with Gasteiger partial charge in [-0.3, -0.25) is 9.59 Å². The van der Waals surface area contributed by atoms with E-state index in [9.17, 15) is 18.0 Å². The number of rotatable bonds is 5. The maximum Gasteiger partial charge on any atom is 0.265 e. The summed E-state index contributed by atoms with van der Waals surface area (Å²) in [7, 11) is -2.20. The summed E-state index contributed by atoms with van der Waals surface area (Å²) >= 11 is 6.09. The van der Waals surface area contributed by atoms with E-state index in [1.54, 1.807) is 25.2 Å². The number of amides is 2. The number of nitrogens with one attached hydrogen (secondary N) is 1. The minimum Gasteiger partial charge on any atom is -0.364 e. The minimum atomic E-state index is -3.76. The maximum absolute atomic E-state index is 12.9. The lowest BCUT2D eigenvalue weighted by Crippen LogP contribution is -2.41. The van der Waals surface area contributed by atoms with Crippen molar-refractivity contribution in [2.24, 2.45) is 18.7 Å². The molecule has 3 rings (SSSR count). The molecule has 8 nitrogen and oxygen atoms in total. The van der Waals surface area contributed by atoms with Crippen molar-refractivity contribution in [3.63, 3.8) is 0 Å². The first-order valence-electron chi connectivity index (χ1n) is 9.13. The van der Waals surface area contributed by atoms with E-state index in [4.69, 9.17) is 17.3 Å². The molecular formula is C19H23ClN4O4S. The molecule has 3 N–H and O–H groups in total. The molecule has 1 aromatic heterocycles. The molecule has 0 unspecified atom stereocenters. The average molecular weight is 439 g/mol. The molecular weight excluding hydrogens is 416 g/mol. The number of piperidine rings is 1. The fourth-order valence-electron chi connectivity index (χ4n) is 3.41. The van der Waals surface area contributed by atoms with Gasteiger partial charge in [-0.05, 0) is 43.5 Å². The SMILES string of the molecule is Cc1c(Cl)cccc1NC(=O)C1CCN(S(=O)(=O)c2cc(C(N)=O)n(C)c2)CC1. The number of halogens is 1. The number of primary amides is 1. The number of carbonyl (C=O) groups excluding carboxylic acids is 2. The Bertz CT molecular complexity index is 1060. The number of nitrogens with zero attached hydrogens (tertiary/aromatic N) is 2. The van der Waals surface area contributed by atoms with E-state index in [1.165, 1.54) is 21.1 Å². The smallest absolute Gasteiger partial charge is 0.265 e. The number of sulfonamides is 1. The molecule has 156 valence electrons. The predicted octanol–water partition coefficient (Wildman–Crippen LogP) is 2.13. The van der Waals surface area contributed by atoms with E-state index in [1.807, 2.05) is 6.92 Å². The Morgan fingerprint density at radius 1 is 1.24 bits per heavy atom. The van der Waals surface area contributed by atoms with E-state index in [0.717, 1.165) is 5.56 Å². The van der Waals surface area contributed by atoms with Crippen LogP contribution in [0.25, 0.3) is 0 Å². The third kappa shape index (κ3) is 4.31. The fourth-order valence-corrected chi connectivity index (χ4v) is 5.12. The van der Waals surface area contributed by atoms with Crippen molar-refractivity contribution in [2.75, 3.05) is 18.4 Å².